The fraction of sp³-hybridized carbons (Fsp3) is 0.744. The van der Waals surface area contributed by atoms with Crippen LogP contribution in [0.4, 0.5) is 0 Å². The van der Waals surface area contributed by atoms with Gasteiger partial charge in [0.05, 0.1) is 23.0 Å². The minimum absolute atomic E-state index is 0.0870. The monoisotopic (exact) mass is 694 g/mol. The first kappa shape index (κ1) is 33.6. The Morgan fingerprint density at radius 2 is 1.92 bits per heavy atom. The number of hydrogen-bond acceptors (Lipinski definition) is 9. The van der Waals surface area contributed by atoms with Crippen LogP contribution in [-0.4, -0.2) is 48.0 Å². The van der Waals surface area contributed by atoms with E-state index in [0.717, 1.165) is 123 Å². The number of carbonyl (C=O) groups is 2. The molecule has 7 bridgehead atoms. The number of fused-ring (bicyclic) bond motifs is 3. The lowest BCUT2D eigenvalue weighted by molar-refractivity contribution is -0.135. The van der Waals surface area contributed by atoms with Crippen molar-refractivity contribution in [2.75, 3.05) is 24.8 Å². The van der Waals surface area contributed by atoms with Crippen molar-refractivity contribution in [3.63, 3.8) is 0 Å². The number of esters is 2. The standard InChI is InChI=1S/C39H54N2O5S2/c1-3-38(14-4-5-15-38)20-29-28-10-9-27-26-12-16-39(34(27)33(28)36(43)45-29)30-11-8-23(2)21-47-48-22-41-31-19-24(13-17-40-31)25(7-6-18-42)32(26)35(39)37(44)46-30/h11,20,23-27,31,34,40-42H,3-10,12-19,21-22H2,1-2H3/t23-,24?,25+,26-,27+,31?,34+,39-/m1/s1. The molecule has 7 nitrogen and oxygen atoms in total. The van der Waals surface area contributed by atoms with E-state index in [-0.39, 0.29) is 53.8 Å². The second kappa shape index (κ2) is 13.6. The van der Waals surface area contributed by atoms with Crippen LogP contribution < -0.4 is 10.6 Å². The Hall–Kier alpha value is -1.52. The van der Waals surface area contributed by atoms with Gasteiger partial charge in [0.2, 0.25) is 0 Å². The highest BCUT2D eigenvalue weighted by molar-refractivity contribution is 8.76. The SMILES string of the molecule is CCC1(C=C2OC(=O)C3=C2CC[C@@H]2[C@@H]3[C@]34CC[C@H]2C2=C3C(=O)OC4=CC[C@@H](C)CSSCNC3CC(CCN3)[C@@H]2CCCO)CCCC1. The third-order valence-electron chi connectivity index (χ3n) is 13.7. The third kappa shape index (κ3) is 5.52. The lowest BCUT2D eigenvalue weighted by Gasteiger charge is -2.58. The average Bonchev–Trinajstić information content (AvgIpc) is 3.78. The van der Waals surface area contributed by atoms with Crippen molar-refractivity contribution in [1.29, 1.82) is 0 Å². The molecule has 4 heterocycles. The summed E-state index contributed by atoms with van der Waals surface area (Å²) in [7, 11) is 3.80. The molecule has 9 heteroatoms. The van der Waals surface area contributed by atoms with Crippen molar-refractivity contribution in [2.45, 2.75) is 110 Å². The van der Waals surface area contributed by atoms with E-state index in [1.807, 2.05) is 21.6 Å². The predicted octanol–water partition coefficient (Wildman–Crippen LogP) is 7.55. The summed E-state index contributed by atoms with van der Waals surface area (Å²) in [5, 5.41) is 17.6. The average molecular weight is 695 g/mol. The Morgan fingerprint density at radius 1 is 1.06 bits per heavy atom. The molecule has 5 aliphatic carbocycles. The highest BCUT2D eigenvalue weighted by Gasteiger charge is 2.69. The summed E-state index contributed by atoms with van der Waals surface area (Å²) < 4.78 is 12.8. The van der Waals surface area contributed by atoms with Crippen LogP contribution >= 0.6 is 21.6 Å². The number of aliphatic hydroxyl groups excluding tert-OH is 1. The van der Waals surface area contributed by atoms with Gasteiger partial charge >= 0.3 is 11.9 Å². The van der Waals surface area contributed by atoms with Gasteiger partial charge in [0.25, 0.3) is 0 Å². The first-order valence-corrected chi connectivity index (χ1v) is 21.6. The zero-order valence-corrected chi connectivity index (χ0v) is 30.5. The largest absolute Gasteiger partial charge is 0.427 e. The smallest absolute Gasteiger partial charge is 0.340 e. The molecule has 2 saturated heterocycles. The van der Waals surface area contributed by atoms with E-state index >= 15 is 0 Å². The van der Waals surface area contributed by atoms with Gasteiger partial charge < -0.3 is 19.9 Å². The molecule has 4 fully saturated rings. The number of aliphatic hydroxyl groups is 1. The minimum atomic E-state index is -0.613. The summed E-state index contributed by atoms with van der Waals surface area (Å²) in [4.78, 5) is 28.6. The van der Waals surface area contributed by atoms with E-state index in [4.69, 9.17) is 9.47 Å². The van der Waals surface area contributed by atoms with Gasteiger partial charge in [-0.1, -0.05) is 53.9 Å². The van der Waals surface area contributed by atoms with Gasteiger partial charge in [0.15, 0.2) is 0 Å². The van der Waals surface area contributed by atoms with Gasteiger partial charge in [-0.3, -0.25) is 5.32 Å². The normalized spacial score (nSPS) is 40.1. The van der Waals surface area contributed by atoms with Crippen molar-refractivity contribution >= 4 is 33.5 Å². The van der Waals surface area contributed by atoms with Crippen LogP contribution in [0.1, 0.15) is 104 Å². The predicted molar refractivity (Wildman–Crippen MR) is 191 cm³/mol. The molecular formula is C39H54N2O5S2. The van der Waals surface area contributed by atoms with Gasteiger partial charge in [-0.2, -0.15) is 0 Å². The van der Waals surface area contributed by atoms with Crippen LogP contribution in [0.15, 0.2) is 46.0 Å². The number of cyclic esters (lactones) is 1. The Balaban J connectivity index is 1.30. The molecule has 2 unspecified atom stereocenters. The first-order valence-electron chi connectivity index (χ1n) is 19.1. The molecular weight excluding hydrogens is 641 g/mol. The Morgan fingerprint density at radius 3 is 2.73 bits per heavy atom. The molecule has 1 spiro atoms. The van der Waals surface area contributed by atoms with Crippen LogP contribution in [0.5, 0.6) is 0 Å². The minimum Gasteiger partial charge on any atom is -0.427 e. The highest BCUT2D eigenvalue weighted by Crippen LogP contribution is 2.72. The number of rotatable bonds is 5. The topological polar surface area (TPSA) is 96.9 Å². The quantitative estimate of drug-likeness (QED) is 0.199. The zero-order chi connectivity index (χ0) is 33.0. The summed E-state index contributed by atoms with van der Waals surface area (Å²) in [6.45, 7) is 5.67. The van der Waals surface area contributed by atoms with Gasteiger partial charge in [0, 0.05) is 29.4 Å². The Kier molecular flexibility index (Phi) is 9.49. The third-order valence-corrected chi connectivity index (χ3v) is 16.2. The van der Waals surface area contributed by atoms with Crippen molar-refractivity contribution in [3.05, 3.63) is 46.0 Å². The van der Waals surface area contributed by atoms with Crippen molar-refractivity contribution < 1.29 is 24.2 Å². The van der Waals surface area contributed by atoms with E-state index in [0.29, 0.717) is 11.8 Å². The van der Waals surface area contributed by atoms with E-state index in [1.54, 1.807) is 0 Å². The van der Waals surface area contributed by atoms with Crippen LogP contribution in [-0.2, 0) is 19.1 Å². The number of nitrogens with one attached hydrogen (secondary N) is 2. The molecule has 0 aromatic carbocycles. The zero-order valence-electron chi connectivity index (χ0n) is 28.8. The summed E-state index contributed by atoms with van der Waals surface area (Å²) in [5.41, 5.74) is 3.71. The van der Waals surface area contributed by atoms with Crippen molar-refractivity contribution in [3.8, 4) is 0 Å². The highest BCUT2D eigenvalue weighted by atomic mass is 33.1. The fourth-order valence-electron chi connectivity index (χ4n) is 11.5. The van der Waals surface area contributed by atoms with Gasteiger partial charge in [-0.15, -0.1) is 0 Å². The van der Waals surface area contributed by atoms with Gasteiger partial charge in [0.1, 0.15) is 11.5 Å². The second-order valence-electron chi connectivity index (χ2n) is 16.2. The lowest BCUT2D eigenvalue weighted by atomic mass is 9.43. The van der Waals surface area contributed by atoms with Crippen molar-refractivity contribution in [1.82, 2.24) is 10.6 Å². The van der Waals surface area contributed by atoms with Gasteiger partial charge in [-0.25, -0.2) is 9.59 Å². The first-order chi connectivity index (χ1) is 23.4. The summed E-state index contributed by atoms with van der Waals surface area (Å²) in [5.74, 6) is 4.72. The maximum atomic E-state index is 14.5. The molecule has 0 aromatic rings. The molecule has 9 rings (SSSR count). The van der Waals surface area contributed by atoms with E-state index in [9.17, 15) is 14.7 Å². The van der Waals surface area contributed by atoms with E-state index < -0.39 is 5.41 Å². The van der Waals surface area contributed by atoms with Crippen LogP contribution in [0, 0.1) is 46.3 Å². The molecule has 262 valence electrons. The van der Waals surface area contributed by atoms with Crippen LogP contribution in [0.2, 0.25) is 0 Å². The molecule has 2 saturated carbocycles. The molecule has 0 radical (unpaired) electrons. The maximum Gasteiger partial charge on any atom is 0.340 e. The van der Waals surface area contributed by atoms with Gasteiger partial charge in [-0.05, 0) is 131 Å². The molecule has 0 aromatic heterocycles. The van der Waals surface area contributed by atoms with Crippen LogP contribution in [0.25, 0.3) is 0 Å². The lowest BCUT2D eigenvalue weighted by Crippen LogP contribution is -2.54. The maximum absolute atomic E-state index is 14.5. The summed E-state index contributed by atoms with van der Waals surface area (Å²) in [6, 6.07) is 0. The summed E-state index contributed by atoms with van der Waals surface area (Å²) in [6.07, 6.45) is 18.9. The molecule has 3 N–H and O–H groups in total. The Labute approximate surface area is 294 Å². The molecule has 4 aliphatic heterocycles. The Bertz CT molecular complexity index is 1450. The number of allylic oxidation sites excluding steroid dienone is 5. The number of ether oxygens (including phenoxy) is 2. The summed E-state index contributed by atoms with van der Waals surface area (Å²) >= 11 is 0. The second-order valence-corrected chi connectivity index (χ2v) is 18.7. The number of piperidine rings is 1. The van der Waals surface area contributed by atoms with Crippen molar-refractivity contribution in [2.24, 2.45) is 46.3 Å². The molecule has 0 amide bonds. The molecule has 9 aliphatic rings. The fourth-order valence-corrected chi connectivity index (χ4v) is 13.7. The van der Waals surface area contributed by atoms with E-state index in [2.05, 4.69) is 36.6 Å². The molecule has 8 atom stereocenters. The number of carbonyl (C=O) groups excluding carboxylic acids is 2. The molecule has 48 heavy (non-hydrogen) atoms. The van der Waals surface area contributed by atoms with E-state index in [1.165, 1.54) is 18.4 Å². The van der Waals surface area contributed by atoms with Crippen LogP contribution in [0.3, 0.4) is 0 Å². The number of hydrogen-bond donors (Lipinski definition) is 3.